The molecule has 3 nitrogen and oxygen atoms in total. The van der Waals surface area contributed by atoms with Gasteiger partial charge >= 0.3 is 0 Å². The molecule has 1 N–H and O–H groups in total. The van der Waals surface area contributed by atoms with Crippen LogP contribution in [0.5, 0.6) is 5.75 Å². The van der Waals surface area contributed by atoms with E-state index < -0.39 is 5.82 Å². The third kappa shape index (κ3) is 2.38. The topological polar surface area (TPSA) is 42.1 Å². The summed E-state index contributed by atoms with van der Waals surface area (Å²) in [5.41, 5.74) is 1.66. The normalized spacial score (nSPS) is 10.8. The lowest BCUT2D eigenvalue weighted by atomic mass is 10.0. The molecule has 0 aliphatic rings. The molecule has 0 bridgehead atoms. The summed E-state index contributed by atoms with van der Waals surface area (Å²) in [6, 6.07) is 9.31. The summed E-state index contributed by atoms with van der Waals surface area (Å²) >= 11 is 5.97. The number of aromatic nitrogens is 1. The van der Waals surface area contributed by atoms with Crippen molar-refractivity contribution >= 4 is 28.3 Å². The van der Waals surface area contributed by atoms with E-state index in [4.69, 9.17) is 16.3 Å². The second kappa shape index (κ2) is 5.22. The zero-order valence-corrected chi connectivity index (χ0v) is 11.9. The predicted octanol–water partition coefficient (Wildman–Crippen LogP) is 4.20. The van der Waals surface area contributed by atoms with Gasteiger partial charge in [-0.25, -0.2) is 4.39 Å². The highest BCUT2D eigenvalue weighted by molar-refractivity contribution is 6.31. The molecule has 0 spiro atoms. The lowest BCUT2D eigenvalue weighted by molar-refractivity contribution is 0.104. The van der Waals surface area contributed by atoms with Gasteiger partial charge in [0.15, 0.2) is 17.3 Å². The van der Waals surface area contributed by atoms with Gasteiger partial charge in [0.2, 0.25) is 0 Å². The first kappa shape index (κ1) is 13.6. The number of hydrogen-bond donors (Lipinski definition) is 1. The Morgan fingerprint density at radius 3 is 2.81 bits per heavy atom. The lowest BCUT2D eigenvalue weighted by Crippen LogP contribution is -2.01. The number of fused-ring (bicyclic) bond motifs is 1. The number of methoxy groups -OCH3 is 1. The summed E-state index contributed by atoms with van der Waals surface area (Å²) in [4.78, 5) is 15.6. The average Bonchev–Trinajstić information content (AvgIpc) is 2.90. The fourth-order valence-corrected chi connectivity index (χ4v) is 2.41. The summed E-state index contributed by atoms with van der Waals surface area (Å²) in [5, 5.41) is 1.28. The van der Waals surface area contributed by atoms with E-state index in [0.717, 1.165) is 10.9 Å². The smallest absolute Gasteiger partial charge is 0.195 e. The van der Waals surface area contributed by atoms with Crippen molar-refractivity contribution in [3.8, 4) is 5.75 Å². The van der Waals surface area contributed by atoms with Crippen LogP contribution in [0.25, 0.3) is 10.9 Å². The molecule has 0 unspecified atom stereocenters. The largest absolute Gasteiger partial charge is 0.494 e. The zero-order valence-electron chi connectivity index (χ0n) is 11.1. The van der Waals surface area contributed by atoms with E-state index >= 15 is 0 Å². The molecule has 1 aromatic heterocycles. The first-order valence-electron chi connectivity index (χ1n) is 6.25. The maximum absolute atomic E-state index is 13.4. The van der Waals surface area contributed by atoms with Crippen molar-refractivity contribution in [1.82, 2.24) is 4.98 Å². The third-order valence-corrected chi connectivity index (χ3v) is 3.54. The molecule has 0 saturated heterocycles. The highest BCUT2D eigenvalue weighted by atomic mass is 35.5. The summed E-state index contributed by atoms with van der Waals surface area (Å²) in [6.07, 6.45) is 1.62. The first-order valence-corrected chi connectivity index (χ1v) is 6.63. The van der Waals surface area contributed by atoms with Crippen LogP contribution in [-0.4, -0.2) is 17.9 Å². The number of carbonyl (C=O) groups excluding carboxylic acids is 1. The molecule has 0 amide bonds. The molecule has 0 fully saturated rings. The van der Waals surface area contributed by atoms with Crippen molar-refractivity contribution in [2.45, 2.75) is 0 Å². The molecule has 3 aromatic rings. The molecular formula is C16H11ClFNO2. The molecule has 21 heavy (non-hydrogen) atoms. The SMILES string of the molecule is COc1cc(C(=O)c2c[nH]c3ccc(Cl)cc23)ccc1F. The second-order valence-corrected chi connectivity index (χ2v) is 5.01. The summed E-state index contributed by atoms with van der Waals surface area (Å²) < 4.78 is 18.3. The number of benzene rings is 2. The monoisotopic (exact) mass is 303 g/mol. The zero-order chi connectivity index (χ0) is 15.0. The van der Waals surface area contributed by atoms with Gasteiger partial charge in [0.25, 0.3) is 0 Å². The van der Waals surface area contributed by atoms with Crippen molar-refractivity contribution < 1.29 is 13.9 Å². The Hall–Kier alpha value is -2.33. The molecule has 0 radical (unpaired) electrons. The first-order chi connectivity index (χ1) is 10.1. The Bertz CT molecular complexity index is 841. The van der Waals surface area contributed by atoms with E-state index in [-0.39, 0.29) is 11.5 Å². The molecule has 0 aliphatic heterocycles. The molecule has 0 saturated carbocycles. The van der Waals surface area contributed by atoms with Crippen molar-refractivity contribution in [2.75, 3.05) is 7.11 Å². The Morgan fingerprint density at radius 1 is 1.24 bits per heavy atom. The average molecular weight is 304 g/mol. The van der Waals surface area contributed by atoms with Crippen LogP contribution < -0.4 is 4.74 Å². The van der Waals surface area contributed by atoms with E-state index in [0.29, 0.717) is 16.1 Å². The molecule has 106 valence electrons. The molecular weight excluding hydrogens is 293 g/mol. The summed E-state index contributed by atoms with van der Waals surface area (Å²) in [7, 11) is 1.36. The van der Waals surface area contributed by atoms with Gasteiger partial charge in [-0.05, 0) is 36.4 Å². The number of nitrogens with one attached hydrogen (secondary N) is 1. The highest BCUT2D eigenvalue weighted by Crippen LogP contribution is 2.26. The molecule has 0 atom stereocenters. The van der Waals surface area contributed by atoms with Crippen molar-refractivity contribution in [3.63, 3.8) is 0 Å². The van der Waals surface area contributed by atoms with Gasteiger partial charge in [0, 0.05) is 33.2 Å². The Labute approximate surface area is 125 Å². The number of aromatic amines is 1. The van der Waals surface area contributed by atoms with Crippen molar-refractivity contribution in [3.05, 3.63) is 64.6 Å². The molecule has 5 heteroatoms. The fourth-order valence-electron chi connectivity index (χ4n) is 2.24. The molecule has 3 rings (SSSR count). The number of ether oxygens (including phenoxy) is 1. The Kier molecular flexibility index (Phi) is 3.39. The van der Waals surface area contributed by atoms with Gasteiger partial charge in [-0.3, -0.25) is 4.79 Å². The van der Waals surface area contributed by atoms with Gasteiger partial charge in [0.05, 0.1) is 7.11 Å². The van der Waals surface area contributed by atoms with Crippen LogP contribution in [-0.2, 0) is 0 Å². The molecule has 0 aliphatic carbocycles. The van der Waals surface area contributed by atoms with Crippen LogP contribution in [0.3, 0.4) is 0 Å². The maximum atomic E-state index is 13.4. The van der Waals surface area contributed by atoms with Crippen LogP contribution in [0, 0.1) is 5.82 Å². The molecule has 1 heterocycles. The van der Waals surface area contributed by atoms with Gasteiger partial charge in [-0.1, -0.05) is 11.6 Å². The second-order valence-electron chi connectivity index (χ2n) is 4.57. The van der Waals surface area contributed by atoms with Gasteiger partial charge in [0.1, 0.15) is 0 Å². The predicted molar refractivity (Wildman–Crippen MR) is 79.7 cm³/mol. The highest BCUT2D eigenvalue weighted by Gasteiger charge is 2.16. The standard InChI is InChI=1S/C16H11ClFNO2/c1-21-15-6-9(2-4-13(15)18)16(20)12-8-19-14-5-3-10(17)7-11(12)14/h2-8,19H,1H3. The van der Waals surface area contributed by atoms with Gasteiger partial charge in [-0.15, -0.1) is 0 Å². The van der Waals surface area contributed by atoms with Gasteiger partial charge < -0.3 is 9.72 Å². The number of halogens is 2. The third-order valence-electron chi connectivity index (χ3n) is 3.30. The number of rotatable bonds is 3. The van der Waals surface area contributed by atoms with Crippen molar-refractivity contribution in [2.24, 2.45) is 0 Å². The fraction of sp³-hybridized carbons (Fsp3) is 0.0625. The maximum Gasteiger partial charge on any atom is 0.195 e. The van der Waals surface area contributed by atoms with E-state index in [1.54, 1.807) is 24.4 Å². The Balaban J connectivity index is 2.10. The van der Waals surface area contributed by atoms with Crippen molar-refractivity contribution in [1.29, 1.82) is 0 Å². The van der Waals surface area contributed by atoms with E-state index in [1.807, 2.05) is 0 Å². The van der Waals surface area contributed by atoms with E-state index in [9.17, 15) is 9.18 Å². The van der Waals surface area contributed by atoms with Crippen LogP contribution >= 0.6 is 11.6 Å². The minimum atomic E-state index is -0.504. The quantitative estimate of drug-likeness (QED) is 0.737. The van der Waals surface area contributed by atoms with Crippen LogP contribution in [0.15, 0.2) is 42.6 Å². The molecule has 2 aromatic carbocycles. The van der Waals surface area contributed by atoms with Crippen LogP contribution in [0.2, 0.25) is 5.02 Å². The summed E-state index contributed by atoms with van der Waals surface area (Å²) in [5.74, 6) is -0.684. The van der Waals surface area contributed by atoms with Gasteiger partial charge in [-0.2, -0.15) is 0 Å². The number of carbonyl (C=O) groups is 1. The van der Waals surface area contributed by atoms with E-state index in [2.05, 4.69) is 4.98 Å². The lowest BCUT2D eigenvalue weighted by Gasteiger charge is -2.05. The van der Waals surface area contributed by atoms with Crippen LogP contribution in [0.1, 0.15) is 15.9 Å². The van der Waals surface area contributed by atoms with E-state index in [1.165, 1.54) is 25.3 Å². The number of ketones is 1. The van der Waals surface area contributed by atoms with Crippen LogP contribution in [0.4, 0.5) is 4.39 Å². The minimum Gasteiger partial charge on any atom is -0.494 e. The minimum absolute atomic E-state index is 0.0405. The summed E-state index contributed by atoms with van der Waals surface area (Å²) in [6.45, 7) is 0. The number of hydrogen-bond acceptors (Lipinski definition) is 2. The number of H-pyrrole nitrogens is 1. The Morgan fingerprint density at radius 2 is 2.05 bits per heavy atom.